The zero-order valence-corrected chi connectivity index (χ0v) is 11.8. The molecule has 4 heteroatoms. The Morgan fingerprint density at radius 1 is 1.26 bits per heavy atom. The summed E-state index contributed by atoms with van der Waals surface area (Å²) in [6.45, 7) is 0. The molecule has 0 N–H and O–H groups in total. The van der Waals surface area contributed by atoms with Crippen LogP contribution in [0.3, 0.4) is 0 Å². The van der Waals surface area contributed by atoms with Crippen LogP contribution < -0.4 is 0 Å². The van der Waals surface area contributed by atoms with Crippen LogP contribution in [0.25, 0.3) is 0 Å². The first kappa shape index (κ1) is 13.3. The molecule has 104 valence electrons. The normalized spacial score (nSPS) is 26.9. The molecule has 2 atom stereocenters. The Morgan fingerprint density at radius 2 is 2.00 bits per heavy atom. The maximum Gasteiger partial charge on any atom is 0.139 e. The second-order valence-corrected chi connectivity index (χ2v) is 7.08. The van der Waals surface area contributed by atoms with Gasteiger partial charge < -0.3 is 4.74 Å². The first-order chi connectivity index (χ1) is 9.19. The van der Waals surface area contributed by atoms with Crippen LogP contribution in [0.1, 0.15) is 38.5 Å². The van der Waals surface area contributed by atoms with E-state index in [2.05, 4.69) is 0 Å². The highest BCUT2D eigenvalue weighted by Gasteiger charge is 2.42. The van der Waals surface area contributed by atoms with Crippen molar-refractivity contribution in [3.8, 4) is 0 Å². The van der Waals surface area contributed by atoms with Gasteiger partial charge in [-0.15, -0.1) is 0 Å². The summed E-state index contributed by atoms with van der Waals surface area (Å²) in [4.78, 5) is 0.304. The molecule has 1 aliphatic carbocycles. The topological polar surface area (TPSA) is 26.3 Å². The molecule has 0 radical (unpaired) electrons. The Bertz CT molecular complexity index is 483. The minimum absolute atomic E-state index is 0.0264. The Labute approximate surface area is 115 Å². The van der Waals surface area contributed by atoms with E-state index in [1.807, 2.05) is 0 Å². The predicted molar refractivity (Wildman–Crippen MR) is 73.0 cm³/mol. The van der Waals surface area contributed by atoms with Gasteiger partial charge in [-0.2, -0.15) is 0 Å². The molecule has 1 saturated carbocycles. The van der Waals surface area contributed by atoms with Crippen molar-refractivity contribution in [2.75, 3.05) is 5.75 Å². The minimum Gasteiger partial charge on any atom is -0.371 e. The van der Waals surface area contributed by atoms with Gasteiger partial charge in [-0.05, 0) is 37.8 Å². The average molecular weight is 282 g/mol. The zero-order valence-electron chi connectivity index (χ0n) is 10.9. The molecular weight excluding hydrogens is 263 g/mol. The third kappa shape index (κ3) is 2.75. The van der Waals surface area contributed by atoms with Crippen molar-refractivity contribution >= 4 is 10.8 Å². The third-order valence-electron chi connectivity index (χ3n) is 4.27. The van der Waals surface area contributed by atoms with Crippen LogP contribution in [0.15, 0.2) is 29.2 Å². The van der Waals surface area contributed by atoms with E-state index in [1.54, 1.807) is 18.2 Å². The molecule has 2 aliphatic rings. The van der Waals surface area contributed by atoms with Gasteiger partial charge >= 0.3 is 0 Å². The van der Waals surface area contributed by atoms with E-state index >= 15 is 0 Å². The lowest BCUT2D eigenvalue weighted by molar-refractivity contribution is -0.0270. The average Bonchev–Trinajstić information content (AvgIpc) is 3.01. The fourth-order valence-corrected chi connectivity index (χ4v) is 4.56. The molecule has 2 unspecified atom stereocenters. The smallest absolute Gasteiger partial charge is 0.139 e. The van der Waals surface area contributed by atoms with Crippen LogP contribution in [-0.2, 0) is 15.5 Å². The van der Waals surface area contributed by atoms with Gasteiger partial charge in [0.15, 0.2) is 0 Å². The lowest BCUT2D eigenvalue weighted by atomic mass is 9.98. The van der Waals surface area contributed by atoms with Crippen molar-refractivity contribution in [3.05, 3.63) is 30.1 Å². The highest BCUT2D eigenvalue weighted by molar-refractivity contribution is 7.85. The summed E-state index contributed by atoms with van der Waals surface area (Å²) >= 11 is 0. The highest BCUT2D eigenvalue weighted by atomic mass is 32.2. The predicted octanol–water partition coefficient (Wildman–Crippen LogP) is 3.43. The quantitative estimate of drug-likeness (QED) is 0.849. The van der Waals surface area contributed by atoms with Crippen molar-refractivity contribution in [2.24, 2.45) is 0 Å². The molecule has 1 aromatic rings. The lowest BCUT2D eigenvalue weighted by Gasteiger charge is -2.23. The molecule has 2 fully saturated rings. The van der Waals surface area contributed by atoms with E-state index in [-0.39, 0.29) is 17.5 Å². The van der Waals surface area contributed by atoms with Crippen LogP contribution in [0.2, 0.25) is 0 Å². The number of ether oxygens (including phenoxy) is 1. The van der Waals surface area contributed by atoms with Gasteiger partial charge in [0.2, 0.25) is 0 Å². The van der Waals surface area contributed by atoms with E-state index in [0.717, 1.165) is 25.7 Å². The van der Waals surface area contributed by atoms with E-state index in [0.29, 0.717) is 10.6 Å². The maximum atomic E-state index is 13.6. The number of hydrogen-bond donors (Lipinski definition) is 0. The highest BCUT2D eigenvalue weighted by Crippen LogP contribution is 2.43. The Kier molecular flexibility index (Phi) is 3.72. The molecule has 1 aromatic carbocycles. The summed E-state index contributed by atoms with van der Waals surface area (Å²) in [5.41, 5.74) is 0.0596. The van der Waals surface area contributed by atoms with Crippen molar-refractivity contribution in [1.82, 2.24) is 0 Å². The maximum absolute atomic E-state index is 13.6. The van der Waals surface area contributed by atoms with Crippen molar-refractivity contribution in [2.45, 2.75) is 55.1 Å². The van der Waals surface area contributed by atoms with E-state index in [4.69, 9.17) is 4.74 Å². The number of rotatable bonds is 3. The van der Waals surface area contributed by atoms with Gasteiger partial charge in [0.1, 0.15) is 5.82 Å². The first-order valence-corrected chi connectivity index (χ1v) is 8.31. The van der Waals surface area contributed by atoms with Crippen LogP contribution in [0.4, 0.5) is 4.39 Å². The van der Waals surface area contributed by atoms with Gasteiger partial charge in [0, 0.05) is 0 Å². The lowest BCUT2D eigenvalue weighted by Crippen LogP contribution is -2.27. The van der Waals surface area contributed by atoms with Gasteiger partial charge in [-0.1, -0.05) is 25.0 Å². The molecule has 0 aromatic heterocycles. The first-order valence-electron chi connectivity index (χ1n) is 6.99. The summed E-state index contributed by atoms with van der Waals surface area (Å²) in [5, 5.41) is 0. The fraction of sp³-hybridized carbons (Fsp3) is 0.600. The molecular formula is C15H19FO2S. The van der Waals surface area contributed by atoms with Crippen molar-refractivity contribution < 1.29 is 13.3 Å². The second kappa shape index (κ2) is 5.33. The van der Waals surface area contributed by atoms with Gasteiger partial charge in [-0.3, -0.25) is 4.21 Å². The van der Waals surface area contributed by atoms with E-state index < -0.39 is 10.8 Å². The molecule has 0 bridgehead atoms. The summed E-state index contributed by atoms with van der Waals surface area (Å²) in [5.74, 6) is 0.0392. The van der Waals surface area contributed by atoms with Gasteiger partial charge in [-0.25, -0.2) is 4.39 Å². The molecule has 0 amide bonds. The molecule has 1 heterocycles. The largest absolute Gasteiger partial charge is 0.371 e. The Hall–Kier alpha value is -0.740. The Balaban J connectivity index is 1.63. The molecule has 1 aliphatic heterocycles. The van der Waals surface area contributed by atoms with Crippen LogP contribution in [-0.4, -0.2) is 21.7 Å². The molecule has 3 rings (SSSR count). The number of hydrogen-bond acceptors (Lipinski definition) is 2. The van der Waals surface area contributed by atoms with Crippen LogP contribution in [0, 0.1) is 5.82 Å². The summed E-state index contributed by atoms with van der Waals surface area (Å²) in [6.07, 6.45) is 6.81. The van der Waals surface area contributed by atoms with Crippen molar-refractivity contribution in [1.29, 1.82) is 0 Å². The van der Waals surface area contributed by atoms with Crippen molar-refractivity contribution in [3.63, 3.8) is 0 Å². The zero-order chi connectivity index (χ0) is 13.3. The molecule has 1 spiro atoms. The van der Waals surface area contributed by atoms with Crippen LogP contribution >= 0.6 is 0 Å². The van der Waals surface area contributed by atoms with Crippen LogP contribution in [0.5, 0.6) is 0 Å². The fourth-order valence-electron chi connectivity index (χ4n) is 3.29. The standard InChI is InChI=1S/C15H19FO2S/c16-13-5-1-2-6-14(13)19(17)11-12-7-10-15(18-12)8-3-4-9-15/h1-2,5-6,12H,3-4,7-11H2. The van der Waals surface area contributed by atoms with Gasteiger partial charge in [0.05, 0.1) is 33.2 Å². The summed E-state index contributed by atoms with van der Waals surface area (Å²) in [6, 6.07) is 6.31. The SMILES string of the molecule is O=S(CC1CCC2(CCCC2)O1)c1ccccc1F. The van der Waals surface area contributed by atoms with E-state index in [9.17, 15) is 8.60 Å². The summed E-state index contributed by atoms with van der Waals surface area (Å²) in [7, 11) is -1.30. The number of halogens is 1. The second-order valence-electron chi connectivity index (χ2n) is 5.61. The monoisotopic (exact) mass is 282 g/mol. The van der Waals surface area contributed by atoms with Gasteiger partial charge in [0.25, 0.3) is 0 Å². The molecule has 2 nitrogen and oxygen atoms in total. The summed E-state index contributed by atoms with van der Waals surface area (Å²) < 4.78 is 31.9. The third-order valence-corrected chi connectivity index (χ3v) is 5.77. The minimum atomic E-state index is -1.30. The Morgan fingerprint density at radius 3 is 2.74 bits per heavy atom. The number of benzene rings is 1. The molecule has 1 saturated heterocycles. The van der Waals surface area contributed by atoms with E-state index in [1.165, 1.54) is 18.9 Å². The molecule has 19 heavy (non-hydrogen) atoms.